The minimum Gasteiger partial charge on any atom is -0.319 e. The van der Waals surface area contributed by atoms with Gasteiger partial charge in [-0.1, -0.05) is 23.5 Å². The van der Waals surface area contributed by atoms with Crippen LogP contribution in [-0.2, 0) is 17.1 Å². The van der Waals surface area contributed by atoms with Crippen LogP contribution in [0.15, 0.2) is 58.4 Å². The maximum Gasteiger partial charge on any atom is 0.279 e. The van der Waals surface area contributed by atoms with Gasteiger partial charge >= 0.3 is 0 Å². The largest absolute Gasteiger partial charge is 0.319 e. The molecule has 3 aromatic rings. The highest BCUT2D eigenvalue weighted by Crippen LogP contribution is 2.30. The fraction of sp³-hybridized carbons (Fsp3) is 0.263. The molecular formula is C19H19N3O3S2. The van der Waals surface area contributed by atoms with Gasteiger partial charge in [-0.05, 0) is 49.2 Å². The molecule has 0 radical (unpaired) electrons. The summed E-state index contributed by atoms with van der Waals surface area (Å²) in [4.78, 5) is 17.5. The summed E-state index contributed by atoms with van der Waals surface area (Å²) < 4.78 is 29.4. The van der Waals surface area contributed by atoms with Gasteiger partial charge in [-0.2, -0.15) is 9.30 Å². The summed E-state index contributed by atoms with van der Waals surface area (Å²) >= 11 is 1.44. The van der Waals surface area contributed by atoms with E-state index in [1.54, 1.807) is 7.05 Å². The normalized spacial score (nSPS) is 15.6. The average molecular weight is 402 g/mol. The molecule has 1 aliphatic carbocycles. The Morgan fingerprint density at radius 2 is 1.81 bits per heavy atom. The summed E-state index contributed by atoms with van der Waals surface area (Å²) in [6.07, 6.45) is 1.80. The van der Waals surface area contributed by atoms with E-state index in [2.05, 4.69) is 4.99 Å². The molecule has 4 rings (SSSR count). The number of sulfonamides is 1. The molecule has 6 nitrogen and oxygen atoms in total. The SMILES string of the molecule is CN(C1CC1)S(=O)(=O)c1ccc(C(=O)N=c2sc3ccccc3n2C)cc1. The van der Waals surface area contributed by atoms with Crippen LogP contribution < -0.4 is 4.80 Å². The quantitative estimate of drug-likeness (QED) is 0.675. The summed E-state index contributed by atoms with van der Waals surface area (Å²) in [6, 6.07) is 13.9. The van der Waals surface area contributed by atoms with Crippen molar-refractivity contribution in [2.24, 2.45) is 12.0 Å². The van der Waals surface area contributed by atoms with Crippen LogP contribution in [0, 0.1) is 0 Å². The van der Waals surface area contributed by atoms with Crippen molar-refractivity contribution in [2.45, 2.75) is 23.8 Å². The standard InChI is InChI=1S/C19H19N3O3S2/c1-21-16-5-3-4-6-17(16)26-19(21)20-18(23)13-7-11-15(12-8-13)27(24,25)22(2)14-9-10-14/h3-8,11-12,14H,9-10H2,1-2H3. The third-order valence-electron chi connectivity index (χ3n) is 4.75. The maximum absolute atomic E-state index is 12.5. The van der Waals surface area contributed by atoms with E-state index < -0.39 is 15.9 Å². The number of fused-ring (bicyclic) bond motifs is 1. The summed E-state index contributed by atoms with van der Waals surface area (Å²) in [6.45, 7) is 0. The summed E-state index contributed by atoms with van der Waals surface area (Å²) in [5.74, 6) is -0.392. The molecular weight excluding hydrogens is 382 g/mol. The zero-order valence-corrected chi connectivity index (χ0v) is 16.6. The second-order valence-electron chi connectivity index (χ2n) is 6.61. The van der Waals surface area contributed by atoms with Gasteiger partial charge in [-0.25, -0.2) is 8.42 Å². The molecule has 1 aliphatic rings. The zero-order chi connectivity index (χ0) is 19.2. The van der Waals surface area contributed by atoms with E-state index in [1.807, 2.05) is 35.9 Å². The Bertz CT molecular complexity index is 1190. The zero-order valence-electron chi connectivity index (χ0n) is 15.0. The van der Waals surface area contributed by atoms with E-state index in [1.165, 1.54) is 39.9 Å². The molecule has 0 atom stereocenters. The molecule has 1 amide bonds. The lowest BCUT2D eigenvalue weighted by atomic mass is 10.2. The molecule has 0 saturated heterocycles. The molecule has 27 heavy (non-hydrogen) atoms. The Kier molecular flexibility index (Phi) is 4.49. The molecule has 0 aliphatic heterocycles. The van der Waals surface area contributed by atoms with Gasteiger partial charge in [0, 0.05) is 25.7 Å². The van der Waals surface area contributed by atoms with Crippen molar-refractivity contribution in [3.05, 3.63) is 58.9 Å². The molecule has 0 spiro atoms. The van der Waals surface area contributed by atoms with Crippen LogP contribution in [0.25, 0.3) is 10.2 Å². The van der Waals surface area contributed by atoms with E-state index in [0.29, 0.717) is 10.4 Å². The van der Waals surface area contributed by atoms with Crippen LogP contribution in [0.1, 0.15) is 23.2 Å². The van der Waals surface area contributed by atoms with Gasteiger partial charge in [0.1, 0.15) is 0 Å². The Morgan fingerprint density at radius 3 is 2.44 bits per heavy atom. The first kappa shape index (κ1) is 18.1. The summed E-state index contributed by atoms with van der Waals surface area (Å²) in [5.41, 5.74) is 1.37. The first-order valence-electron chi connectivity index (χ1n) is 8.59. The summed E-state index contributed by atoms with van der Waals surface area (Å²) in [5, 5.41) is 0. The van der Waals surface area contributed by atoms with E-state index in [4.69, 9.17) is 0 Å². The second kappa shape index (κ2) is 6.70. The van der Waals surface area contributed by atoms with Gasteiger partial charge in [0.15, 0.2) is 4.80 Å². The third kappa shape index (κ3) is 3.36. The van der Waals surface area contributed by atoms with Crippen LogP contribution >= 0.6 is 11.3 Å². The fourth-order valence-corrected chi connectivity index (χ4v) is 5.34. The third-order valence-corrected chi connectivity index (χ3v) is 7.79. The number of hydrogen-bond donors (Lipinski definition) is 0. The van der Waals surface area contributed by atoms with Gasteiger partial charge in [0.2, 0.25) is 10.0 Å². The molecule has 2 aromatic carbocycles. The van der Waals surface area contributed by atoms with Crippen molar-refractivity contribution in [3.63, 3.8) is 0 Å². The van der Waals surface area contributed by atoms with Crippen molar-refractivity contribution in [1.29, 1.82) is 0 Å². The van der Waals surface area contributed by atoms with Crippen LogP contribution in [0.5, 0.6) is 0 Å². The van der Waals surface area contributed by atoms with Crippen molar-refractivity contribution in [3.8, 4) is 0 Å². The first-order valence-corrected chi connectivity index (χ1v) is 10.9. The molecule has 1 aromatic heterocycles. The van der Waals surface area contributed by atoms with Gasteiger partial charge in [0.25, 0.3) is 5.91 Å². The number of aryl methyl sites for hydroxylation is 1. The van der Waals surface area contributed by atoms with Crippen molar-refractivity contribution in [2.75, 3.05) is 7.05 Å². The maximum atomic E-state index is 12.5. The first-order chi connectivity index (χ1) is 12.9. The molecule has 0 bridgehead atoms. The Labute approximate surface area is 161 Å². The molecule has 0 N–H and O–H groups in total. The smallest absolute Gasteiger partial charge is 0.279 e. The number of para-hydroxylation sites is 1. The number of carbonyl (C=O) groups excluding carboxylic acids is 1. The van der Waals surface area contributed by atoms with Crippen LogP contribution in [-0.4, -0.2) is 36.3 Å². The van der Waals surface area contributed by atoms with E-state index in [-0.39, 0.29) is 10.9 Å². The van der Waals surface area contributed by atoms with Gasteiger partial charge < -0.3 is 4.57 Å². The van der Waals surface area contributed by atoms with Crippen molar-refractivity contribution in [1.82, 2.24) is 8.87 Å². The number of benzene rings is 2. The molecule has 1 fully saturated rings. The Hall–Kier alpha value is -2.29. The van der Waals surface area contributed by atoms with E-state index in [0.717, 1.165) is 23.1 Å². The number of amides is 1. The lowest BCUT2D eigenvalue weighted by Gasteiger charge is -2.16. The molecule has 0 unspecified atom stereocenters. The van der Waals surface area contributed by atoms with Crippen molar-refractivity contribution < 1.29 is 13.2 Å². The topological polar surface area (TPSA) is 71.7 Å². The Morgan fingerprint density at radius 1 is 1.15 bits per heavy atom. The van der Waals surface area contributed by atoms with E-state index >= 15 is 0 Å². The number of aromatic nitrogens is 1. The molecule has 1 heterocycles. The lowest BCUT2D eigenvalue weighted by molar-refractivity contribution is 0.0998. The number of hydrogen-bond acceptors (Lipinski definition) is 4. The average Bonchev–Trinajstić information content (AvgIpc) is 3.47. The number of thiazole rings is 1. The minimum absolute atomic E-state index is 0.0965. The highest BCUT2D eigenvalue weighted by Gasteiger charge is 2.34. The predicted octanol–water partition coefficient (Wildman–Crippen LogP) is 2.76. The van der Waals surface area contributed by atoms with Crippen LogP contribution in [0.4, 0.5) is 0 Å². The van der Waals surface area contributed by atoms with Crippen LogP contribution in [0.3, 0.4) is 0 Å². The number of nitrogens with zero attached hydrogens (tertiary/aromatic N) is 3. The molecule has 140 valence electrons. The molecule has 8 heteroatoms. The minimum atomic E-state index is -3.51. The summed E-state index contributed by atoms with van der Waals surface area (Å²) in [7, 11) is -0.0423. The van der Waals surface area contributed by atoms with Gasteiger partial charge in [-0.15, -0.1) is 0 Å². The van der Waals surface area contributed by atoms with Crippen LogP contribution in [0.2, 0.25) is 0 Å². The van der Waals surface area contributed by atoms with Gasteiger partial charge in [-0.3, -0.25) is 4.79 Å². The number of carbonyl (C=O) groups is 1. The monoisotopic (exact) mass is 401 g/mol. The highest BCUT2D eigenvalue weighted by molar-refractivity contribution is 7.89. The lowest BCUT2D eigenvalue weighted by Crippen LogP contribution is -2.28. The molecule has 1 saturated carbocycles. The number of rotatable bonds is 4. The van der Waals surface area contributed by atoms with E-state index in [9.17, 15) is 13.2 Å². The van der Waals surface area contributed by atoms with Gasteiger partial charge in [0.05, 0.1) is 15.1 Å². The van der Waals surface area contributed by atoms with Crippen molar-refractivity contribution >= 4 is 37.5 Å². The Balaban J connectivity index is 1.63. The predicted molar refractivity (Wildman–Crippen MR) is 105 cm³/mol. The fourth-order valence-electron chi connectivity index (χ4n) is 2.91. The second-order valence-corrected chi connectivity index (χ2v) is 9.61. The highest BCUT2D eigenvalue weighted by atomic mass is 32.2.